The number of aliphatic hydroxyl groups excluding tert-OH is 1. The van der Waals surface area contributed by atoms with Gasteiger partial charge in [0.25, 0.3) is 5.13 Å². The summed E-state index contributed by atoms with van der Waals surface area (Å²) in [6.07, 6.45) is -3.52. The van der Waals surface area contributed by atoms with Gasteiger partial charge in [0.15, 0.2) is 16.6 Å². The summed E-state index contributed by atoms with van der Waals surface area (Å²) in [5, 5.41) is 7.38. The molecule has 0 aromatic heterocycles. The van der Waals surface area contributed by atoms with Crippen molar-refractivity contribution in [2.24, 2.45) is 0 Å². The van der Waals surface area contributed by atoms with E-state index in [1.165, 1.54) is 0 Å². The minimum atomic E-state index is -2.48. The lowest BCUT2D eigenvalue weighted by Crippen LogP contribution is -2.53. The average Bonchev–Trinajstić information content (AvgIpc) is 2.57. The maximum atomic E-state index is 14.9. The van der Waals surface area contributed by atoms with Gasteiger partial charge in [-0.15, -0.1) is 0 Å². The van der Waals surface area contributed by atoms with Gasteiger partial charge in [-0.2, -0.15) is 0 Å². The van der Waals surface area contributed by atoms with Crippen molar-refractivity contribution < 1.29 is 23.1 Å². The second-order valence-corrected chi connectivity index (χ2v) is 20.2. The van der Waals surface area contributed by atoms with Crippen LogP contribution in [0.5, 0.6) is 0 Å². The van der Waals surface area contributed by atoms with Crippen molar-refractivity contribution in [2.45, 2.75) is 101 Å². The van der Waals surface area contributed by atoms with Crippen LogP contribution < -0.4 is 0 Å². The number of alkyl halides is 2. The summed E-state index contributed by atoms with van der Waals surface area (Å²) in [5.41, 5.74) is 0. The quantitative estimate of drug-likeness (QED) is 0.506. The molecule has 1 saturated heterocycles. The van der Waals surface area contributed by atoms with E-state index in [1.54, 1.807) is 0 Å². The van der Waals surface area contributed by atoms with E-state index in [4.69, 9.17) is 25.2 Å². The number of halogens is 2. The molecule has 0 aliphatic carbocycles. The number of ether oxygens (including phenoxy) is 1. The van der Waals surface area contributed by atoms with Crippen LogP contribution in [0.15, 0.2) is 0 Å². The van der Waals surface area contributed by atoms with E-state index in [9.17, 15) is 9.50 Å². The summed E-state index contributed by atoms with van der Waals surface area (Å²) in [6, 6.07) is 0. The van der Waals surface area contributed by atoms with E-state index >= 15 is 0 Å². The third kappa shape index (κ3) is 5.06. The largest absolute Gasteiger partial charge is 0.414 e. The van der Waals surface area contributed by atoms with Gasteiger partial charge >= 0.3 is 0 Å². The first-order valence-electron chi connectivity index (χ1n) is 8.86. The van der Waals surface area contributed by atoms with Crippen LogP contribution in [0.3, 0.4) is 0 Å². The van der Waals surface area contributed by atoms with E-state index in [0.29, 0.717) is 0 Å². The highest BCUT2D eigenvalue weighted by Crippen LogP contribution is 2.45. The Morgan fingerprint density at radius 1 is 1.04 bits per heavy atom. The molecule has 0 radical (unpaired) electrons. The zero-order valence-corrected chi connectivity index (χ0v) is 20.1. The van der Waals surface area contributed by atoms with Crippen LogP contribution in [0, 0.1) is 0 Å². The number of hydrogen-bond acceptors (Lipinski definition) is 4. The van der Waals surface area contributed by atoms with Crippen molar-refractivity contribution in [3.8, 4) is 0 Å². The van der Waals surface area contributed by atoms with Gasteiger partial charge in [0.1, 0.15) is 12.2 Å². The van der Waals surface area contributed by atoms with Crippen LogP contribution in [0.1, 0.15) is 41.5 Å². The van der Waals surface area contributed by atoms with Crippen molar-refractivity contribution in [3.63, 3.8) is 0 Å². The molecule has 4 nitrogen and oxygen atoms in total. The maximum Gasteiger partial charge on any atom is 0.260 e. The summed E-state index contributed by atoms with van der Waals surface area (Å²) < 4.78 is 32.7. The van der Waals surface area contributed by atoms with E-state index in [1.807, 2.05) is 13.1 Å². The van der Waals surface area contributed by atoms with E-state index in [-0.39, 0.29) is 16.7 Å². The molecule has 1 unspecified atom stereocenters. The Labute approximate surface area is 159 Å². The summed E-state index contributed by atoms with van der Waals surface area (Å²) in [6.45, 7) is 21.0. The molecule has 4 atom stereocenters. The molecule has 1 rings (SSSR count). The first-order chi connectivity index (χ1) is 10.8. The van der Waals surface area contributed by atoms with Crippen molar-refractivity contribution in [1.82, 2.24) is 0 Å². The molecule has 0 aromatic carbocycles. The SMILES string of the molecule is CC(C)(C)[Si](C)(C)OC[C@H]1OC(O)[C@](F)(Cl)[C@@H]1O[Si](C)(C)C(C)(C)C. The Bertz CT molecular complexity index is 472. The molecule has 0 amide bonds. The molecule has 0 spiro atoms. The van der Waals surface area contributed by atoms with Gasteiger partial charge in [-0.05, 0) is 36.3 Å². The first kappa shape index (κ1) is 23.5. The molecule has 1 aliphatic rings. The predicted octanol–water partition coefficient (Wildman–Crippen LogP) is 5.02. The molecule has 1 aliphatic heterocycles. The standard InChI is InChI=1S/C17H36ClFO4Si2/c1-15(2,3)24(7,8)21-11-12-13(17(18,19)14(20)22-12)23-25(9,10)16(4,5)6/h12-14,20H,11H2,1-10H3/t12-,13-,14?,17+/m1/s1. The third-order valence-electron chi connectivity index (χ3n) is 5.99. The lowest BCUT2D eigenvalue weighted by molar-refractivity contribution is -0.127. The summed E-state index contributed by atoms with van der Waals surface area (Å²) in [7, 11) is -4.34. The minimum Gasteiger partial charge on any atom is -0.414 e. The highest BCUT2D eigenvalue weighted by atomic mass is 35.5. The zero-order valence-electron chi connectivity index (χ0n) is 17.4. The minimum absolute atomic E-state index is 0.0216. The van der Waals surface area contributed by atoms with Crippen molar-refractivity contribution >= 4 is 28.2 Å². The fourth-order valence-electron chi connectivity index (χ4n) is 2.00. The second kappa shape index (κ2) is 7.15. The van der Waals surface area contributed by atoms with Gasteiger partial charge in [-0.25, -0.2) is 4.39 Å². The molecule has 1 heterocycles. The average molecular weight is 415 g/mol. The molecule has 0 saturated carbocycles. The molecule has 25 heavy (non-hydrogen) atoms. The highest BCUT2D eigenvalue weighted by Gasteiger charge is 2.60. The Kier molecular flexibility index (Phi) is 6.73. The molecule has 1 N–H and O–H groups in total. The second-order valence-electron chi connectivity index (χ2n) is 10.1. The molecule has 0 bridgehead atoms. The smallest absolute Gasteiger partial charge is 0.260 e. The fraction of sp³-hybridized carbons (Fsp3) is 1.00. The lowest BCUT2D eigenvalue weighted by Gasteiger charge is -2.41. The van der Waals surface area contributed by atoms with Crippen molar-refractivity contribution in [3.05, 3.63) is 0 Å². The summed E-state index contributed by atoms with van der Waals surface area (Å²) in [5.74, 6) is 0. The topological polar surface area (TPSA) is 47.9 Å². The number of aliphatic hydroxyl groups is 1. The van der Waals surface area contributed by atoms with Gasteiger partial charge < -0.3 is 18.7 Å². The number of hydrogen-bond donors (Lipinski definition) is 1. The third-order valence-corrected chi connectivity index (χ3v) is 15.4. The lowest BCUT2D eigenvalue weighted by atomic mass is 10.1. The Morgan fingerprint density at radius 3 is 1.88 bits per heavy atom. The number of rotatable bonds is 5. The molecule has 8 heteroatoms. The first-order valence-corrected chi connectivity index (χ1v) is 15.1. The van der Waals surface area contributed by atoms with E-state index < -0.39 is 40.3 Å². The normalized spacial score (nSPS) is 32.3. The van der Waals surface area contributed by atoms with Gasteiger partial charge in [0.05, 0.1) is 6.61 Å². The van der Waals surface area contributed by atoms with E-state index in [2.05, 4.69) is 54.6 Å². The van der Waals surface area contributed by atoms with Crippen LogP contribution in [0.4, 0.5) is 4.39 Å². The maximum absolute atomic E-state index is 14.9. The van der Waals surface area contributed by atoms with Crippen molar-refractivity contribution in [1.29, 1.82) is 0 Å². The summed E-state index contributed by atoms with van der Waals surface area (Å²) >= 11 is 5.99. The Hall–Kier alpha value is 0.494. The molecular weight excluding hydrogens is 379 g/mol. The van der Waals surface area contributed by atoms with Gasteiger partial charge in [0.2, 0.25) is 6.29 Å². The van der Waals surface area contributed by atoms with Gasteiger partial charge in [-0.3, -0.25) is 0 Å². The Balaban J connectivity index is 2.98. The van der Waals surface area contributed by atoms with Gasteiger partial charge in [-0.1, -0.05) is 53.1 Å². The van der Waals surface area contributed by atoms with Crippen LogP contribution in [-0.4, -0.2) is 52.0 Å². The van der Waals surface area contributed by atoms with Crippen LogP contribution in [-0.2, 0) is 13.6 Å². The molecular formula is C17H36ClFO4Si2. The fourth-order valence-corrected chi connectivity index (χ4v) is 4.64. The molecule has 0 aromatic rings. The molecule has 1 fully saturated rings. The van der Waals surface area contributed by atoms with Crippen molar-refractivity contribution in [2.75, 3.05) is 6.61 Å². The van der Waals surface area contributed by atoms with Crippen LogP contribution in [0.25, 0.3) is 0 Å². The summed E-state index contributed by atoms with van der Waals surface area (Å²) in [4.78, 5) is 0. The Morgan fingerprint density at radius 2 is 1.48 bits per heavy atom. The highest BCUT2D eigenvalue weighted by molar-refractivity contribution is 6.74. The predicted molar refractivity (Wildman–Crippen MR) is 106 cm³/mol. The van der Waals surface area contributed by atoms with E-state index in [0.717, 1.165) is 0 Å². The molecule has 150 valence electrons. The zero-order chi connectivity index (χ0) is 20.1. The van der Waals surface area contributed by atoms with Gasteiger partial charge in [0, 0.05) is 0 Å². The van der Waals surface area contributed by atoms with Crippen LogP contribution in [0.2, 0.25) is 36.3 Å². The van der Waals surface area contributed by atoms with Crippen LogP contribution >= 0.6 is 11.6 Å². The monoisotopic (exact) mass is 414 g/mol.